The number of nitrogens with two attached hydrogens (primary N) is 1. The molecule has 5 amide bonds. The lowest BCUT2D eigenvalue weighted by Gasteiger charge is -2.37. The Labute approximate surface area is 270 Å². The van der Waals surface area contributed by atoms with Crippen molar-refractivity contribution in [2.75, 3.05) is 6.54 Å². The number of nitrogens with one attached hydrogen (secondary N) is 3. The minimum absolute atomic E-state index is 0.0482. The number of primary amides is 1. The number of halogens is 2. The van der Waals surface area contributed by atoms with E-state index in [0.717, 1.165) is 0 Å². The van der Waals surface area contributed by atoms with Crippen LogP contribution in [0.15, 0.2) is 0 Å². The van der Waals surface area contributed by atoms with Crippen LogP contribution in [0.5, 0.6) is 0 Å². The molecular formula is C32H53F2N5O7. The standard InChI is InChI=1S/C32H53F2N5O7/c1-16(2)17-12-20(25(42)36-19(21(40)24(35)41)13-18-14-32(18,33)34)39(15-17)26(43)22(29(3,4)5)37-28(45)38-23(30(6,7)8)27(44)46-31(9,10)11/h16-20,22-23H,12-15H2,1-11H3,(H2,35,41)(H,36,42)(H2,37,38,45)/t17-,18?,19?,20+,22-,23-/m1/s1. The Morgan fingerprint density at radius 1 is 0.891 bits per heavy atom. The summed E-state index contributed by atoms with van der Waals surface area (Å²) < 4.78 is 32.9. The number of urea groups is 1. The van der Waals surface area contributed by atoms with E-state index in [4.69, 9.17) is 10.5 Å². The first kappa shape index (κ1) is 38.9. The summed E-state index contributed by atoms with van der Waals surface area (Å²) in [5, 5.41) is 7.76. The molecule has 0 bridgehead atoms. The van der Waals surface area contributed by atoms with E-state index in [1.807, 2.05) is 13.8 Å². The lowest BCUT2D eigenvalue weighted by molar-refractivity contribution is -0.160. The second kappa shape index (κ2) is 13.8. The third kappa shape index (κ3) is 10.3. The molecule has 262 valence electrons. The average molecular weight is 658 g/mol. The zero-order valence-electron chi connectivity index (χ0n) is 29.0. The monoisotopic (exact) mass is 657 g/mol. The highest BCUT2D eigenvalue weighted by molar-refractivity contribution is 6.37. The van der Waals surface area contributed by atoms with Crippen LogP contribution in [0.4, 0.5) is 13.6 Å². The normalized spacial score (nSPS) is 23.2. The summed E-state index contributed by atoms with van der Waals surface area (Å²) >= 11 is 0. The number of carbonyl (C=O) groups excluding carboxylic acids is 6. The predicted molar refractivity (Wildman–Crippen MR) is 166 cm³/mol. The number of alkyl halides is 2. The number of hydrogen-bond acceptors (Lipinski definition) is 7. The number of likely N-dealkylation sites (tertiary alicyclic amines) is 1. The van der Waals surface area contributed by atoms with Gasteiger partial charge in [-0.2, -0.15) is 0 Å². The van der Waals surface area contributed by atoms with Crippen LogP contribution in [0.1, 0.15) is 95.4 Å². The maximum absolute atomic E-state index is 14.2. The molecule has 2 unspecified atom stereocenters. The molecule has 1 aliphatic carbocycles. The maximum atomic E-state index is 14.2. The summed E-state index contributed by atoms with van der Waals surface area (Å²) in [5.41, 5.74) is 2.73. The van der Waals surface area contributed by atoms with Crippen LogP contribution in [0.2, 0.25) is 0 Å². The molecule has 2 aliphatic rings. The first-order valence-electron chi connectivity index (χ1n) is 15.8. The van der Waals surface area contributed by atoms with Crippen LogP contribution in [0.3, 0.4) is 0 Å². The van der Waals surface area contributed by atoms with Crippen LogP contribution in [-0.2, 0) is 28.7 Å². The van der Waals surface area contributed by atoms with Crippen LogP contribution in [-0.4, -0.2) is 82.6 Å². The van der Waals surface area contributed by atoms with Crippen molar-refractivity contribution in [3.05, 3.63) is 0 Å². The van der Waals surface area contributed by atoms with Gasteiger partial charge < -0.3 is 31.3 Å². The number of rotatable bonds is 11. The fraction of sp³-hybridized carbons (Fsp3) is 0.812. The van der Waals surface area contributed by atoms with Gasteiger partial charge >= 0.3 is 12.0 Å². The van der Waals surface area contributed by atoms with Gasteiger partial charge in [0.15, 0.2) is 0 Å². The van der Waals surface area contributed by atoms with Crippen molar-refractivity contribution in [3.8, 4) is 0 Å². The maximum Gasteiger partial charge on any atom is 0.329 e. The van der Waals surface area contributed by atoms with Gasteiger partial charge in [-0.25, -0.2) is 18.4 Å². The number of ketones is 1. The van der Waals surface area contributed by atoms with E-state index in [2.05, 4.69) is 16.0 Å². The van der Waals surface area contributed by atoms with Gasteiger partial charge in [-0.15, -0.1) is 0 Å². The van der Waals surface area contributed by atoms with Gasteiger partial charge in [-0.3, -0.25) is 19.2 Å². The molecule has 0 spiro atoms. The minimum atomic E-state index is -3.00. The quantitative estimate of drug-likeness (QED) is 0.195. The number of amides is 5. The largest absolute Gasteiger partial charge is 0.458 e. The molecule has 2 rings (SSSR count). The summed E-state index contributed by atoms with van der Waals surface area (Å²) in [5.74, 6) is -8.84. The second-order valence-electron chi connectivity index (χ2n) is 16.2. The fourth-order valence-electron chi connectivity index (χ4n) is 5.43. The number of ether oxygens (including phenoxy) is 1. The molecule has 0 aromatic carbocycles. The van der Waals surface area contributed by atoms with Crippen molar-refractivity contribution in [1.29, 1.82) is 0 Å². The average Bonchev–Trinajstić information content (AvgIpc) is 3.25. The van der Waals surface area contributed by atoms with Crippen LogP contribution in [0, 0.1) is 28.6 Å². The zero-order chi connectivity index (χ0) is 35.7. The van der Waals surface area contributed by atoms with Crippen molar-refractivity contribution in [2.45, 2.75) is 131 Å². The molecule has 6 atom stereocenters. The van der Waals surface area contributed by atoms with E-state index in [0.29, 0.717) is 0 Å². The molecule has 14 heteroatoms. The van der Waals surface area contributed by atoms with Crippen molar-refractivity contribution < 1.29 is 42.3 Å². The van der Waals surface area contributed by atoms with E-state index < -0.39 is 101 Å². The highest BCUT2D eigenvalue weighted by Crippen LogP contribution is 2.51. The highest BCUT2D eigenvalue weighted by atomic mass is 19.3. The van der Waals surface area contributed by atoms with Crippen molar-refractivity contribution in [3.63, 3.8) is 0 Å². The van der Waals surface area contributed by atoms with Gasteiger partial charge in [-0.05, 0) is 56.3 Å². The predicted octanol–water partition coefficient (Wildman–Crippen LogP) is 2.91. The Kier molecular flexibility index (Phi) is 11.7. The molecule has 1 aliphatic heterocycles. The number of hydrogen-bond donors (Lipinski definition) is 4. The lowest BCUT2D eigenvalue weighted by atomic mass is 9.85. The Morgan fingerprint density at radius 3 is 1.80 bits per heavy atom. The minimum Gasteiger partial charge on any atom is -0.458 e. The van der Waals surface area contributed by atoms with Gasteiger partial charge in [-0.1, -0.05) is 55.4 Å². The van der Waals surface area contributed by atoms with E-state index >= 15 is 0 Å². The second-order valence-corrected chi connectivity index (χ2v) is 16.2. The van der Waals surface area contributed by atoms with Crippen LogP contribution in [0.25, 0.3) is 0 Å². The van der Waals surface area contributed by atoms with Gasteiger partial charge in [0.2, 0.25) is 17.6 Å². The van der Waals surface area contributed by atoms with E-state index in [1.54, 1.807) is 62.3 Å². The molecule has 12 nitrogen and oxygen atoms in total. The molecule has 0 radical (unpaired) electrons. The third-order valence-corrected chi connectivity index (χ3v) is 8.39. The Balaban J connectivity index is 2.34. The lowest BCUT2D eigenvalue weighted by Crippen LogP contribution is -2.62. The first-order chi connectivity index (χ1) is 20.7. The molecule has 1 heterocycles. The third-order valence-electron chi connectivity index (χ3n) is 8.39. The number of Topliss-reactive ketones (excluding diaryl/α,β-unsaturated/α-hetero) is 1. The van der Waals surface area contributed by atoms with Crippen molar-refractivity contribution in [2.24, 2.45) is 34.3 Å². The molecule has 1 saturated heterocycles. The Morgan fingerprint density at radius 2 is 1.39 bits per heavy atom. The summed E-state index contributed by atoms with van der Waals surface area (Å²) in [6, 6.07) is -5.69. The topological polar surface area (TPSA) is 177 Å². The van der Waals surface area contributed by atoms with E-state index in [-0.39, 0.29) is 24.8 Å². The smallest absolute Gasteiger partial charge is 0.329 e. The summed E-state index contributed by atoms with van der Waals surface area (Å²) in [4.78, 5) is 79.6. The number of nitrogens with zero attached hydrogens (tertiary/aromatic N) is 1. The van der Waals surface area contributed by atoms with Gasteiger partial charge in [0, 0.05) is 18.9 Å². The van der Waals surface area contributed by atoms with Crippen molar-refractivity contribution in [1.82, 2.24) is 20.9 Å². The zero-order valence-corrected chi connectivity index (χ0v) is 29.0. The Hall–Kier alpha value is -3.32. The first-order valence-corrected chi connectivity index (χ1v) is 15.8. The molecular weight excluding hydrogens is 604 g/mol. The number of carbonyl (C=O) groups is 6. The molecule has 1 saturated carbocycles. The summed E-state index contributed by atoms with van der Waals surface area (Å²) in [7, 11) is 0. The van der Waals surface area contributed by atoms with E-state index in [9.17, 15) is 37.5 Å². The van der Waals surface area contributed by atoms with Gasteiger partial charge in [0.25, 0.3) is 11.8 Å². The molecule has 2 fully saturated rings. The van der Waals surface area contributed by atoms with Gasteiger partial charge in [0.05, 0.1) is 6.04 Å². The molecule has 0 aromatic heterocycles. The van der Waals surface area contributed by atoms with Gasteiger partial charge in [0.1, 0.15) is 23.7 Å². The Bertz CT molecular complexity index is 1200. The summed E-state index contributed by atoms with van der Waals surface area (Å²) in [6.45, 7) is 19.6. The van der Waals surface area contributed by atoms with Crippen LogP contribution < -0.4 is 21.7 Å². The molecule has 46 heavy (non-hydrogen) atoms. The van der Waals surface area contributed by atoms with Crippen LogP contribution >= 0.6 is 0 Å². The number of esters is 1. The fourth-order valence-corrected chi connectivity index (χ4v) is 5.43. The molecule has 5 N–H and O–H groups in total. The SMILES string of the molecule is CC(C)[C@@H]1C[C@@H](C(=O)NC(CC2CC2(F)F)C(=O)C(N)=O)N(C(=O)[C@@H](NC(=O)N[C@H](C(=O)OC(C)(C)C)C(C)(C)C)C(C)(C)C)C1. The van der Waals surface area contributed by atoms with Crippen molar-refractivity contribution >= 4 is 35.5 Å². The van der Waals surface area contributed by atoms with E-state index in [1.165, 1.54) is 4.90 Å². The molecule has 0 aromatic rings. The summed E-state index contributed by atoms with van der Waals surface area (Å²) in [6.07, 6.45) is -0.728. The highest BCUT2D eigenvalue weighted by Gasteiger charge is 2.58.